The van der Waals surface area contributed by atoms with Crippen molar-refractivity contribution in [1.29, 1.82) is 0 Å². The maximum absolute atomic E-state index is 13.1. The van der Waals surface area contributed by atoms with Gasteiger partial charge in [0.15, 0.2) is 5.13 Å². The number of halogens is 4. The van der Waals surface area contributed by atoms with E-state index in [0.717, 1.165) is 0 Å². The lowest BCUT2D eigenvalue weighted by Gasteiger charge is -2.41. The third kappa shape index (κ3) is 5.04. The van der Waals surface area contributed by atoms with E-state index in [9.17, 15) is 42.7 Å². The van der Waals surface area contributed by atoms with Gasteiger partial charge in [0.05, 0.1) is 15.9 Å². The molecule has 4 rings (SSSR count). The molecule has 186 valence electrons. The van der Waals surface area contributed by atoms with Crippen LogP contribution in [0.3, 0.4) is 0 Å². The van der Waals surface area contributed by atoms with Gasteiger partial charge in [0.25, 0.3) is 11.2 Å². The van der Waals surface area contributed by atoms with Gasteiger partial charge in [0.1, 0.15) is 34.6 Å². The summed E-state index contributed by atoms with van der Waals surface area (Å²) < 4.78 is 57.6. The number of nitro benzene ring substituents is 1. The molecule has 35 heavy (non-hydrogen) atoms. The Bertz CT molecular complexity index is 1330. The van der Waals surface area contributed by atoms with Crippen molar-refractivity contribution < 1.29 is 37.4 Å². The molecule has 2 N–H and O–H groups in total. The zero-order chi connectivity index (χ0) is 25.5. The molecule has 0 saturated carbocycles. The first-order valence-corrected chi connectivity index (χ1v) is 10.9. The fourth-order valence-electron chi connectivity index (χ4n) is 3.62. The normalized spacial score (nSPS) is 20.7. The first-order chi connectivity index (χ1) is 16.4. The number of β-amino-alcohol motifs (C(OH)–C–C–N with tert-alkyl or cyclic N) is 1. The zero-order valence-electron chi connectivity index (χ0n) is 17.7. The van der Waals surface area contributed by atoms with Gasteiger partial charge in [-0.25, -0.2) is 4.39 Å². The second-order valence-corrected chi connectivity index (χ2v) is 8.96. The number of rotatable bonds is 5. The van der Waals surface area contributed by atoms with Crippen LogP contribution in [0.5, 0.6) is 5.75 Å². The van der Waals surface area contributed by atoms with Gasteiger partial charge in [0, 0.05) is 19.2 Å². The van der Waals surface area contributed by atoms with Gasteiger partial charge >= 0.3 is 6.18 Å². The van der Waals surface area contributed by atoms with Crippen LogP contribution in [0.4, 0.5) is 28.4 Å². The molecule has 0 spiro atoms. The number of nitro groups is 1. The molecule has 0 aliphatic carbocycles. The predicted molar refractivity (Wildman–Crippen MR) is 117 cm³/mol. The molecule has 9 nitrogen and oxygen atoms in total. The molecule has 14 heteroatoms. The number of anilines is 1. The predicted octanol–water partition coefficient (Wildman–Crippen LogP) is 3.10. The van der Waals surface area contributed by atoms with E-state index < -0.39 is 50.8 Å². The molecule has 1 aliphatic rings. The Morgan fingerprint density at radius 3 is 2.57 bits per heavy atom. The Morgan fingerprint density at radius 1 is 1.29 bits per heavy atom. The number of non-ortho nitro benzene ring substituents is 1. The first kappa shape index (κ1) is 24.8. The second kappa shape index (κ2) is 9.02. The van der Waals surface area contributed by atoms with Crippen LogP contribution < -0.4 is 15.2 Å². The minimum Gasteiger partial charge on any atom is -0.490 e. The van der Waals surface area contributed by atoms with Crippen molar-refractivity contribution in [2.45, 2.75) is 24.3 Å². The number of nitrogens with zero attached hydrogens (tertiary/aromatic N) is 3. The van der Waals surface area contributed by atoms with Crippen molar-refractivity contribution in [2.24, 2.45) is 0 Å². The number of aliphatic hydroxyl groups excluding tert-OH is 1. The number of aliphatic hydroxyl groups is 2. The lowest BCUT2D eigenvalue weighted by molar-refractivity contribution is -0.383. The standard InChI is InChI=1S/C21H17F4N3O6S/c22-12-1-3-13(4-2-12)34-10-20(31)5-6-27(9-16(20)29)19-26-18(30)14-7-11(21(23,24)25)8-15(28(32)33)17(14)35-19/h1-4,7-8,16,29,31H,5-6,9-10H2/t16-,20-/m0/s1. The van der Waals surface area contributed by atoms with E-state index in [1.54, 1.807) is 0 Å². The summed E-state index contributed by atoms with van der Waals surface area (Å²) in [6, 6.07) is 5.93. The van der Waals surface area contributed by atoms with Crippen LogP contribution in [0.2, 0.25) is 0 Å². The van der Waals surface area contributed by atoms with Gasteiger partial charge in [-0.1, -0.05) is 11.3 Å². The fraction of sp³-hybridized carbons (Fsp3) is 0.333. The molecular weight excluding hydrogens is 498 g/mol. The van der Waals surface area contributed by atoms with Crippen LogP contribution in [-0.4, -0.2) is 51.5 Å². The minimum absolute atomic E-state index is 0.0501. The fourth-order valence-corrected chi connectivity index (χ4v) is 4.72. The van der Waals surface area contributed by atoms with Gasteiger partial charge < -0.3 is 19.8 Å². The van der Waals surface area contributed by atoms with E-state index in [1.807, 2.05) is 0 Å². The molecule has 1 fully saturated rings. The van der Waals surface area contributed by atoms with E-state index in [4.69, 9.17) is 4.74 Å². The van der Waals surface area contributed by atoms with E-state index in [-0.39, 0.29) is 41.7 Å². The zero-order valence-corrected chi connectivity index (χ0v) is 18.5. The summed E-state index contributed by atoms with van der Waals surface area (Å²) in [5.74, 6) is -0.199. The van der Waals surface area contributed by atoms with Crippen molar-refractivity contribution in [2.75, 3.05) is 24.6 Å². The summed E-state index contributed by atoms with van der Waals surface area (Å²) >= 11 is 0.642. The monoisotopic (exact) mass is 515 g/mol. The lowest BCUT2D eigenvalue weighted by Crippen LogP contribution is -2.58. The van der Waals surface area contributed by atoms with E-state index in [1.165, 1.54) is 29.2 Å². The topological polar surface area (TPSA) is 126 Å². The number of alkyl halides is 3. The number of ether oxygens (including phenoxy) is 1. The van der Waals surface area contributed by atoms with Crippen LogP contribution in [-0.2, 0) is 6.18 Å². The van der Waals surface area contributed by atoms with E-state index >= 15 is 0 Å². The SMILES string of the molecule is O=c1nc(N2CC[C@](O)(COc3ccc(F)cc3)[C@@H](O)C2)sc2c([N+](=O)[O-])cc(C(F)(F)F)cc12. The Balaban J connectivity index is 1.59. The van der Waals surface area contributed by atoms with Crippen molar-refractivity contribution in [3.05, 3.63) is 68.2 Å². The molecule has 1 aromatic heterocycles. The number of aromatic nitrogens is 1. The van der Waals surface area contributed by atoms with Crippen molar-refractivity contribution in [1.82, 2.24) is 4.98 Å². The van der Waals surface area contributed by atoms with Crippen LogP contribution in [0.1, 0.15) is 12.0 Å². The second-order valence-electron chi connectivity index (χ2n) is 7.99. The largest absolute Gasteiger partial charge is 0.490 e. The summed E-state index contributed by atoms with van der Waals surface area (Å²) in [4.78, 5) is 28.1. The molecule has 2 heterocycles. The molecule has 2 atom stereocenters. The molecule has 0 unspecified atom stereocenters. The molecule has 1 saturated heterocycles. The van der Waals surface area contributed by atoms with Crippen LogP contribution in [0.15, 0.2) is 41.2 Å². The van der Waals surface area contributed by atoms with Gasteiger partial charge in [-0.2, -0.15) is 18.2 Å². The summed E-state index contributed by atoms with van der Waals surface area (Å²) in [5, 5.41) is 32.2. The number of hydrogen-bond acceptors (Lipinski definition) is 9. The van der Waals surface area contributed by atoms with E-state index in [2.05, 4.69) is 4.98 Å². The van der Waals surface area contributed by atoms with Crippen molar-refractivity contribution in [3.8, 4) is 5.75 Å². The number of benzene rings is 2. The Labute approximate surface area is 198 Å². The van der Waals surface area contributed by atoms with Gasteiger partial charge in [0.2, 0.25) is 0 Å². The summed E-state index contributed by atoms with van der Waals surface area (Å²) in [7, 11) is 0. The maximum atomic E-state index is 13.1. The molecule has 2 aromatic carbocycles. The maximum Gasteiger partial charge on any atom is 0.416 e. The lowest BCUT2D eigenvalue weighted by atomic mass is 9.89. The average molecular weight is 515 g/mol. The van der Waals surface area contributed by atoms with Crippen molar-refractivity contribution in [3.63, 3.8) is 0 Å². The Kier molecular flexibility index (Phi) is 6.38. The summed E-state index contributed by atoms with van der Waals surface area (Å²) in [5.41, 5.74) is -5.00. The molecular formula is C21H17F4N3O6S. The van der Waals surface area contributed by atoms with Crippen LogP contribution >= 0.6 is 11.3 Å². The smallest absolute Gasteiger partial charge is 0.416 e. The minimum atomic E-state index is -4.90. The number of fused-ring (bicyclic) bond motifs is 1. The highest BCUT2D eigenvalue weighted by Gasteiger charge is 2.42. The van der Waals surface area contributed by atoms with Crippen molar-refractivity contribution >= 4 is 32.2 Å². The number of piperidine rings is 1. The average Bonchev–Trinajstić information content (AvgIpc) is 2.79. The van der Waals surface area contributed by atoms with Crippen LogP contribution in [0.25, 0.3) is 10.1 Å². The summed E-state index contributed by atoms with van der Waals surface area (Å²) in [6.45, 7) is -0.490. The molecule has 0 amide bonds. The van der Waals surface area contributed by atoms with Crippen LogP contribution in [0, 0.1) is 15.9 Å². The first-order valence-electron chi connectivity index (χ1n) is 10.1. The molecule has 0 bridgehead atoms. The molecule has 0 radical (unpaired) electrons. The third-order valence-electron chi connectivity index (χ3n) is 5.62. The molecule has 1 aliphatic heterocycles. The van der Waals surface area contributed by atoms with E-state index in [0.29, 0.717) is 23.5 Å². The van der Waals surface area contributed by atoms with Gasteiger partial charge in [-0.05, 0) is 36.8 Å². The summed E-state index contributed by atoms with van der Waals surface area (Å²) in [6.07, 6.45) is -6.34. The highest BCUT2D eigenvalue weighted by atomic mass is 32.1. The third-order valence-corrected chi connectivity index (χ3v) is 6.78. The van der Waals surface area contributed by atoms with Gasteiger partial charge in [-0.3, -0.25) is 14.9 Å². The van der Waals surface area contributed by atoms with Gasteiger partial charge in [-0.15, -0.1) is 0 Å². The highest BCUT2D eigenvalue weighted by molar-refractivity contribution is 7.22. The Morgan fingerprint density at radius 2 is 1.97 bits per heavy atom. The number of hydrogen-bond donors (Lipinski definition) is 2. The quantitative estimate of drug-likeness (QED) is 0.302. The molecule has 3 aromatic rings. The Hall–Kier alpha value is -3.36. The highest BCUT2D eigenvalue weighted by Crippen LogP contribution is 2.39.